The largest absolute Gasteiger partial charge is 0.391 e. The van der Waals surface area contributed by atoms with Crippen molar-refractivity contribution in [3.8, 4) is 0 Å². The van der Waals surface area contributed by atoms with E-state index in [-0.39, 0.29) is 18.2 Å². The third kappa shape index (κ3) is 2.98. The Morgan fingerprint density at radius 1 is 1.56 bits per heavy atom. The van der Waals surface area contributed by atoms with Gasteiger partial charge in [-0.25, -0.2) is 4.68 Å². The number of aromatic nitrogens is 2. The number of nitro groups is 1. The number of nitrogens with zero attached hydrogens (tertiary/aromatic N) is 3. The molecule has 0 aliphatic heterocycles. The summed E-state index contributed by atoms with van der Waals surface area (Å²) in [6.45, 7) is 5.87. The van der Waals surface area contributed by atoms with Gasteiger partial charge in [-0.15, -0.1) is 0 Å². The normalized spacial score (nSPS) is 12.8. The zero-order valence-corrected chi connectivity index (χ0v) is 11.2. The highest BCUT2D eigenvalue weighted by Crippen LogP contribution is 2.28. The van der Waals surface area contributed by atoms with Gasteiger partial charge in [-0.3, -0.25) is 10.1 Å². The van der Waals surface area contributed by atoms with Crippen molar-refractivity contribution in [2.75, 3.05) is 11.9 Å². The van der Waals surface area contributed by atoms with Crippen LogP contribution in [-0.2, 0) is 13.5 Å². The van der Waals surface area contributed by atoms with E-state index in [0.717, 1.165) is 0 Å². The zero-order chi connectivity index (χ0) is 13.9. The molecule has 0 aliphatic rings. The van der Waals surface area contributed by atoms with Crippen molar-refractivity contribution in [3.63, 3.8) is 0 Å². The fraction of sp³-hybridized carbons (Fsp3) is 0.727. The van der Waals surface area contributed by atoms with E-state index in [4.69, 9.17) is 0 Å². The van der Waals surface area contributed by atoms with Crippen LogP contribution in [0, 0.1) is 16.0 Å². The molecule has 2 N–H and O–H groups in total. The summed E-state index contributed by atoms with van der Waals surface area (Å²) in [5, 5.41) is 27.8. The summed E-state index contributed by atoms with van der Waals surface area (Å²) >= 11 is 0. The van der Waals surface area contributed by atoms with Gasteiger partial charge in [0.2, 0.25) is 5.82 Å². The van der Waals surface area contributed by atoms with Gasteiger partial charge in [0.15, 0.2) is 0 Å². The van der Waals surface area contributed by atoms with Gasteiger partial charge in [0.05, 0.1) is 11.0 Å². The van der Waals surface area contributed by atoms with Crippen LogP contribution in [0.5, 0.6) is 0 Å². The van der Waals surface area contributed by atoms with Crippen LogP contribution in [0.3, 0.4) is 0 Å². The van der Waals surface area contributed by atoms with Crippen LogP contribution in [0.25, 0.3) is 0 Å². The lowest BCUT2D eigenvalue weighted by Crippen LogP contribution is -2.25. The number of aliphatic hydroxyl groups is 1. The molecular weight excluding hydrogens is 236 g/mol. The van der Waals surface area contributed by atoms with Crippen LogP contribution in [0.2, 0.25) is 0 Å². The second kappa shape index (κ2) is 5.81. The molecule has 1 aromatic heterocycles. The van der Waals surface area contributed by atoms with Crippen molar-refractivity contribution >= 4 is 11.5 Å². The highest BCUT2D eigenvalue weighted by molar-refractivity contribution is 5.59. The molecule has 0 fully saturated rings. The topological polar surface area (TPSA) is 93.2 Å². The van der Waals surface area contributed by atoms with Gasteiger partial charge in [0.25, 0.3) is 0 Å². The monoisotopic (exact) mass is 256 g/mol. The third-order valence-electron chi connectivity index (χ3n) is 2.86. The fourth-order valence-corrected chi connectivity index (χ4v) is 1.63. The van der Waals surface area contributed by atoms with Gasteiger partial charge < -0.3 is 10.4 Å². The van der Waals surface area contributed by atoms with Crippen molar-refractivity contribution in [2.45, 2.75) is 33.3 Å². The maximum absolute atomic E-state index is 11.0. The van der Waals surface area contributed by atoms with E-state index in [1.807, 2.05) is 20.8 Å². The highest BCUT2D eigenvalue weighted by atomic mass is 16.6. The minimum atomic E-state index is -0.551. The van der Waals surface area contributed by atoms with Crippen LogP contribution in [0.1, 0.15) is 26.5 Å². The molecule has 18 heavy (non-hydrogen) atoms. The molecule has 0 radical (unpaired) electrons. The Labute approximate surface area is 106 Å². The lowest BCUT2D eigenvalue weighted by molar-refractivity contribution is -0.384. The van der Waals surface area contributed by atoms with Gasteiger partial charge in [0, 0.05) is 13.6 Å². The van der Waals surface area contributed by atoms with E-state index in [9.17, 15) is 15.2 Å². The predicted molar refractivity (Wildman–Crippen MR) is 68.6 cm³/mol. The molecule has 102 valence electrons. The molecule has 0 aliphatic carbocycles. The summed E-state index contributed by atoms with van der Waals surface area (Å²) < 4.78 is 1.45. The quantitative estimate of drug-likeness (QED) is 0.591. The number of aryl methyl sites for hydroxylation is 2. The first kappa shape index (κ1) is 14.4. The SMILES string of the molecule is CCc1nn(C)c(NCC(O)C(C)C)c1[N+](=O)[O-]. The zero-order valence-electron chi connectivity index (χ0n) is 11.2. The van der Waals surface area contributed by atoms with Crippen molar-refractivity contribution < 1.29 is 10.0 Å². The molecule has 1 heterocycles. The van der Waals surface area contributed by atoms with Crippen LogP contribution >= 0.6 is 0 Å². The molecule has 0 bridgehead atoms. The van der Waals surface area contributed by atoms with Gasteiger partial charge in [-0.2, -0.15) is 5.10 Å². The molecule has 1 aromatic rings. The van der Waals surface area contributed by atoms with E-state index < -0.39 is 11.0 Å². The smallest absolute Gasteiger partial charge is 0.333 e. The summed E-state index contributed by atoms with van der Waals surface area (Å²) in [4.78, 5) is 10.6. The van der Waals surface area contributed by atoms with Crippen molar-refractivity contribution in [1.29, 1.82) is 0 Å². The summed E-state index contributed by atoms with van der Waals surface area (Å²) in [6, 6.07) is 0. The van der Waals surface area contributed by atoms with Crippen LogP contribution in [0.4, 0.5) is 11.5 Å². The average molecular weight is 256 g/mol. The first-order valence-corrected chi connectivity index (χ1v) is 6.00. The minimum absolute atomic E-state index is 0.00374. The number of rotatable bonds is 6. The molecule has 0 spiro atoms. The Morgan fingerprint density at radius 3 is 2.61 bits per heavy atom. The van der Waals surface area contributed by atoms with Crippen molar-refractivity contribution in [3.05, 3.63) is 15.8 Å². The summed E-state index contributed by atoms with van der Waals surface area (Å²) in [5.41, 5.74) is 0.444. The first-order valence-electron chi connectivity index (χ1n) is 6.00. The van der Waals surface area contributed by atoms with Crippen LogP contribution in [0.15, 0.2) is 0 Å². The Hall–Kier alpha value is -1.63. The van der Waals surface area contributed by atoms with E-state index in [1.165, 1.54) is 4.68 Å². The van der Waals surface area contributed by atoms with Gasteiger partial charge in [-0.1, -0.05) is 20.8 Å². The second-order valence-corrected chi connectivity index (χ2v) is 4.57. The minimum Gasteiger partial charge on any atom is -0.391 e. The van der Waals surface area contributed by atoms with Gasteiger partial charge >= 0.3 is 5.69 Å². The van der Waals surface area contributed by atoms with E-state index in [1.54, 1.807) is 7.05 Å². The Bertz CT molecular complexity index is 428. The molecule has 0 amide bonds. The van der Waals surface area contributed by atoms with E-state index >= 15 is 0 Å². The van der Waals surface area contributed by atoms with Gasteiger partial charge in [-0.05, 0) is 12.3 Å². The standard InChI is InChI=1S/C11H20N4O3/c1-5-8-10(15(17)18)11(14(4)13-8)12-6-9(16)7(2)3/h7,9,12,16H,5-6H2,1-4H3. The van der Waals surface area contributed by atoms with Crippen molar-refractivity contribution in [1.82, 2.24) is 9.78 Å². The molecule has 7 nitrogen and oxygen atoms in total. The number of hydrogen-bond donors (Lipinski definition) is 2. The summed E-state index contributed by atoms with van der Waals surface area (Å²) in [7, 11) is 1.65. The Morgan fingerprint density at radius 2 is 2.17 bits per heavy atom. The van der Waals surface area contributed by atoms with E-state index in [2.05, 4.69) is 10.4 Å². The predicted octanol–water partition coefficient (Wildman–Crippen LogP) is 1.32. The highest BCUT2D eigenvalue weighted by Gasteiger charge is 2.25. The van der Waals surface area contributed by atoms with E-state index in [0.29, 0.717) is 17.9 Å². The Balaban J connectivity index is 2.94. The Kier molecular flexibility index (Phi) is 4.66. The summed E-state index contributed by atoms with van der Waals surface area (Å²) in [6.07, 6.45) is -0.0527. The van der Waals surface area contributed by atoms with Crippen LogP contribution < -0.4 is 5.32 Å². The maximum atomic E-state index is 11.0. The van der Waals surface area contributed by atoms with Gasteiger partial charge in [0.1, 0.15) is 5.69 Å². The molecule has 0 aromatic carbocycles. The van der Waals surface area contributed by atoms with Crippen molar-refractivity contribution in [2.24, 2.45) is 13.0 Å². The van der Waals surface area contributed by atoms with Crippen LogP contribution in [-0.4, -0.2) is 32.5 Å². The lowest BCUT2D eigenvalue weighted by atomic mass is 10.1. The molecule has 0 saturated heterocycles. The number of anilines is 1. The summed E-state index contributed by atoms with van der Waals surface area (Å²) in [5.74, 6) is 0.437. The fourth-order valence-electron chi connectivity index (χ4n) is 1.63. The molecule has 1 rings (SSSR count). The number of nitrogens with one attached hydrogen (secondary N) is 1. The molecule has 1 atom stereocenters. The lowest BCUT2D eigenvalue weighted by Gasteiger charge is -2.15. The second-order valence-electron chi connectivity index (χ2n) is 4.57. The molecule has 1 unspecified atom stereocenters. The molecular formula is C11H20N4O3. The third-order valence-corrected chi connectivity index (χ3v) is 2.86. The molecule has 0 saturated carbocycles. The first-order chi connectivity index (χ1) is 8.38. The number of hydrogen-bond acceptors (Lipinski definition) is 5. The number of aliphatic hydroxyl groups excluding tert-OH is 1. The molecule has 7 heteroatoms. The maximum Gasteiger partial charge on any atom is 0.333 e. The average Bonchev–Trinajstić information content (AvgIpc) is 2.62.